The van der Waals surface area contributed by atoms with Crippen molar-refractivity contribution in [1.29, 1.82) is 0 Å². The fraction of sp³-hybridized carbons (Fsp3) is 0.471. The second-order valence-corrected chi connectivity index (χ2v) is 7.01. The maximum atomic E-state index is 12.2. The predicted octanol–water partition coefficient (Wildman–Crippen LogP) is 2.14. The molecule has 26 heavy (non-hydrogen) atoms. The Kier molecular flexibility index (Phi) is 5.51. The van der Waals surface area contributed by atoms with Gasteiger partial charge in [-0.25, -0.2) is 0 Å². The van der Waals surface area contributed by atoms with Crippen molar-refractivity contribution in [3.63, 3.8) is 0 Å². The minimum Gasteiger partial charge on any atom is -0.481 e. The molecular formula is C17H20ClN5O3. The van der Waals surface area contributed by atoms with Gasteiger partial charge in [0.05, 0.1) is 5.41 Å². The van der Waals surface area contributed by atoms with E-state index in [4.69, 9.17) is 11.6 Å². The van der Waals surface area contributed by atoms with Gasteiger partial charge < -0.3 is 10.4 Å². The van der Waals surface area contributed by atoms with E-state index in [1.807, 2.05) is 0 Å². The van der Waals surface area contributed by atoms with Gasteiger partial charge in [0, 0.05) is 17.1 Å². The smallest absolute Gasteiger partial charge is 0.311 e. The van der Waals surface area contributed by atoms with Gasteiger partial charge in [-0.1, -0.05) is 30.9 Å². The second kappa shape index (κ2) is 7.82. The maximum absolute atomic E-state index is 12.2. The van der Waals surface area contributed by atoms with Crippen LogP contribution in [0.4, 0.5) is 0 Å². The Labute approximate surface area is 155 Å². The molecular weight excluding hydrogens is 358 g/mol. The van der Waals surface area contributed by atoms with E-state index in [-0.39, 0.29) is 19.0 Å². The molecule has 1 aromatic carbocycles. The SMILES string of the molecule is O=C(Cn1nnc(-c2ccc(Cl)cc2)n1)NCC1(C(=O)O)CCCCC1. The molecule has 1 aliphatic rings. The fourth-order valence-corrected chi connectivity index (χ4v) is 3.30. The molecule has 1 aromatic heterocycles. The van der Waals surface area contributed by atoms with Crippen LogP contribution in [0.5, 0.6) is 0 Å². The fourth-order valence-electron chi connectivity index (χ4n) is 3.17. The van der Waals surface area contributed by atoms with Crippen LogP contribution in [0.1, 0.15) is 32.1 Å². The topological polar surface area (TPSA) is 110 Å². The number of rotatable bonds is 6. The number of carbonyl (C=O) groups excluding carboxylic acids is 1. The number of tetrazole rings is 1. The lowest BCUT2D eigenvalue weighted by Crippen LogP contribution is -2.45. The standard InChI is InChI=1S/C17H20ClN5O3/c18-13-6-4-12(5-7-13)15-20-22-23(21-15)10-14(24)19-11-17(16(25)26)8-2-1-3-9-17/h4-7H,1-3,8-11H2,(H,19,24)(H,25,26). The van der Waals surface area contributed by atoms with E-state index in [1.54, 1.807) is 24.3 Å². The number of nitrogens with one attached hydrogen (secondary N) is 1. The molecule has 138 valence electrons. The lowest BCUT2D eigenvalue weighted by molar-refractivity contribution is -0.151. The summed E-state index contributed by atoms with van der Waals surface area (Å²) in [5.41, 5.74) is -0.119. The largest absolute Gasteiger partial charge is 0.481 e. The first-order valence-electron chi connectivity index (χ1n) is 8.52. The second-order valence-electron chi connectivity index (χ2n) is 6.57. The summed E-state index contributed by atoms with van der Waals surface area (Å²) < 4.78 is 0. The highest BCUT2D eigenvalue weighted by Gasteiger charge is 2.39. The molecule has 0 aliphatic heterocycles. The average molecular weight is 378 g/mol. The maximum Gasteiger partial charge on any atom is 0.311 e. The van der Waals surface area contributed by atoms with E-state index in [9.17, 15) is 14.7 Å². The van der Waals surface area contributed by atoms with E-state index in [0.29, 0.717) is 23.7 Å². The molecule has 2 aromatic rings. The number of aromatic nitrogens is 4. The van der Waals surface area contributed by atoms with Crippen molar-refractivity contribution >= 4 is 23.5 Å². The van der Waals surface area contributed by atoms with Crippen LogP contribution in [0.15, 0.2) is 24.3 Å². The van der Waals surface area contributed by atoms with Crippen molar-refractivity contribution in [3.05, 3.63) is 29.3 Å². The number of nitrogens with zero attached hydrogens (tertiary/aromatic N) is 4. The molecule has 2 N–H and O–H groups in total. The zero-order valence-electron chi connectivity index (χ0n) is 14.2. The number of aliphatic carboxylic acids is 1. The van der Waals surface area contributed by atoms with E-state index in [2.05, 4.69) is 20.7 Å². The highest BCUT2D eigenvalue weighted by Crippen LogP contribution is 2.36. The zero-order chi connectivity index (χ0) is 18.6. The molecule has 1 saturated carbocycles. The lowest BCUT2D eigenvalue weighted by atomic mass is 9.74. The van der Waals surface area contributed by atoms with Crippen molar-refractivity contribution in [2.45, 2.75) is 38.6 Å². The van der Waals surface area contributed by atoms with Crippen LogP contribution in [-0.2, 0) is 16.1 Å². The van der Waals surface area contributed by atoms with Gasteiger partial charge >= 0.3 is 5.97 Å². The summed E-state index contributed by atoms with van der Waals surface area (Å²) in [5, 5.41) is 24.8. The van der Waals surface area contributed by atoms with Gasteiger partial charge in [0.25, 0.3) is 0 Å². The highest BCUT2D eigenvalue weighted by atomic mass is 35.5. The zero-order valence-corrected chi connectivity index (χ0v) is 14.9. The molecule has 0 spiro atoms. The van der Waals surface area contributed by atoms with Crippen molar-refractivity contribution in [2.75, 3.05) is 6.54 Å². The van der Waals surface area contributed by atoms with Crippen molar-refractivity contribution < 1.29 is 14.7 Å². The van der Waals surface area contributed by atoms with E-state index in [0.717, 1.165) is 24.8 Å². The highest BCUT2D eigenvalue weighted by molar-refractivity contribution is 6.30. The Balaban J connectivity index is 1.58. The number of hydrogen-bond donors (Lipinski definition) is 2. The van der Waals surface area contributed by atoms with Gasteiger partial charge in [0.1, 0.15) is 6.54 Å². The quantitative estimate of drug-likeness (QED) is 0.798. The number of carboxylic acid groups (broad SMARTS) is 1. The van der Waals surface area contributed by atoms with Gasteiger partial charge in [0.2, 0.25) is 11.7 Å². The summed E-state index contributed by atoms with van der Waals surface area (Å²) in [5.74, 6) is -0.790. The van der Waals surface area contributed by atoms with Gasteiger partial charge in [-0.15, -0.1) is 10.2 Å². The number of amides is 1. The van der Waals surface area contributed by atoms with Gasteiger partial charge in [-0.05, 0) is 42.3 Å². The van der Waals surface area contributed by atoms with Crippen molar-refractivity contribution in [3.8, 4) is 11.4 Å². The number of hydrogen-bond acceptors (Lipinski definition) is 5. The molecule has 0 saturated heterocycles. The third kappa shape index (κ3) is 4.19. The van der Waals surface area contributed by atoms with Gasteiger partial charge in [-0.3, -0.25) is 9.59 Å². The van der Waals surface area contributed by atoms with Crippen molar-refractivity contribution in [1.82, 2.24) is 25.5 Å². The molecule has 9 heteroatoms. The van der Waals surface area contributed by atoms with Crippen LogP contribution in [0.25, 0.3) is 11.4 Å². The van der Waals surface area contributed by atoms with Crippen LogP contribution in [0, 0.1) is 5.41 Å². The monoisotopic (exact) mass is 377 g/mol. The molecule has 0 bridgehead atoms. The Morgan fingerprint density at radius 1 is 1.19 bits per heavy atom. The number of carbonyl (C=O) groups is 2. The van der Waals surface area contributed by atoms with Crippen molar-refractivity contribution in [2.24, 2.45) is 5.41 Å². The normalized spacial score (nSPS) is 16.2. The Hall–Kier alpha value is -2.48. The summed E-state index contributed by atoms with van der Waals surface area (Å²) in [6.07, 6.45) is 3.96. The van der Waals surface area contributed by atoms with E-state index in [1.165, 1.54) is 4.80 Å². The van der Waals surface area contributed by atoms with Crippen LogP contribution < -0.4 is 5.32 Å². The van der Waals surface area contributed by atoms with Gasteiger partial charge in [0.15, 0.2) is 0 Å². The first-order chi connectivity index (χ1) is 12.5. The summed E-state index contributed by atoms with van der Waals surface area (Å²) in [4.78, 5) is 25.0. The third-order valence-corrected chi connectivity index (χ3v) is 4.98. The third-order valence-electron chi connectivity index (χ3n) is 4.73. The molecule has 1 heterocycles. The van der Waals surface area contributed by atoms with E-state index >= 15 is 0 Å². The minimum absolute atomic E-state index is 0.115. The van der Waals surface area contributed by atoms with Gasteiger partial charge in [-0.2, -0.15) is 4.80 Å². The number of halogens is 1. The minimum atomic E-state index is -0.863. The summed E-state index contributed by atoms with van der Waals surface area (Å²) >= 11 is 5.85. The molecule has 0 radical (unpaired) electrons. The van der Waals surface area contributed by atoms with Crippen LogP contribution in [-0.4, -0.2) is 43.7 Å². The number of benzene rings is 1. The Bertz CT molecular complexity index is 784. The molecule has 1 amide bonds. The summed E-state index contributed by atoms with van der Waals surface area (Å²) in [6, 6.07) is 6.98. The molecule has 1 fully saturated rings. The van der Waals surface area contributed by atoms with Crippen LogP contribution in [0.3, 0.4) is 0 Å². The molecule has 0 atom stereocenters. The summed E-state index contributed by atoms with van der Waals surface area (Å²) in [7, 11) is 0. The van der Waals surface area contributed by atoms with E-state index < -0.39 is 11.4 Å². The molecule has 3 rings (SSSR count). The Morgan fingerprint density at radius 3 is 2.54 bits per heavy atom. The molecule has 1 aliphatic carbocycles. The first kappa shape index (κ1) is 18.3. The molecule has 8 nitrogen and oxygen atoms in total. The average Bonchev–Trinajstić information content (AvgIpc) is 3.09. The molecule has 0 unspecified atom stereocenters. The van der Waals surface area contributed by atoms with Crippen LogP contribution in [0.2, 0.25) is 5.02 Å². The summed E-state index contributed by atoms with van der Waals surface area (Å²) in [6.45, 7) is 0.0101. The van der Waals surface area contributed by atoms with Crippen LogP contribution >= 0.6 is 11.6 Å². The number of carboxylic acids is 1. The first-order valence-corrected chi connectivity index (χ1v) is 8.90. The Morgan fingerprint density at radius 2 is 1.88 bits per heavy atom. The predicted molar refractivity (Wildman–Crippen MR) is 94.4 cm³/mol. The lowest BCUT2D eigenvalue weighted by Gasteiger charge is -2.33.